The highest BCUT2D eigenvalue weighted by Crippen LogP contribution is 2.24. The summed E-state index contributed by atoms with van der Waals surface area (Å²) < 4.78 is 25.1. The first-order valence-corrected chi connectivity index (χ1v) is 12.3. The van der Waals surface area contributed by atoms with E-state index in [2.05, 4.69) is 10.1 Å². The molecule has 0 N–H and O–H groups in total. The lowest BCUT2D eigenvalue weighted by atomic mass is 10.1. The van der Waals surface area contributed by atoms with Crippen LogP contribution in [0.2, 0.25) is 0 Å². The Morgan fingerprint density at radius 3 is 2.06 bits per heavy atom. The van der Waals surface area contributed by atoms with Gasteiger partial charge in [0, 0.05) is 18.9 Å². The molecular weight excluding hydrogens is 436 g/mol. The molecule has 0 aliphatic rings. The van der Waals surface area contributed by atoms with Crippen molar-refractivity contribution < 1.29 is 13.2 Å². The van der Waals surface area contributed by atoms with Gasteiger partial charge in [-0.3, -0.25) is 4.79 Å². The van der Waals surface area contributed by atoms with Crippen molar-refractivity contribution >= 4 is 15.7 Å². The first-order chi connectivity index (χ1) is 15.8. The van der Waals surface area contributed by atoms with E-state index in [4.69, 9.17) is 0 Å². The molecule has 168 valence electrons. The van der Waals surface area contributed by atoms with Crippen LogP contribution in [0.4, 0.5) is 0 Å². The summed E-state index contributed by atoms with van der Waals surface area (Å²) in [5.74, 6) is 0.324. The van der Waals surface area contributed by atoms with Gasteiger partial charge in [0.15, 0.2) is 15.7 Å². The number of carbonyl (C=O) groups is 1. The molecule has 1 atom stereocenters. The van der Waals surface area contributed by atoms with E-state index in [0.717, 1.165) is 16.8 Å². The molecule has 4 rings (SSSR count). The molecule has 7 nitrogen and oxygen atoms in total. The number of hydrogen-bond donors (Lipinski definition) is 0. The van der Waals surface area contributed by atoms with Gasteiger partial charge in [-0.05, 0) is 36.8 Å². The predicted molar refractivity (Wildman–Crippen MR) is 127 cm³/mol. The Morgan fingerprint density at radius 2 is 1.48 bits per heavy atom. The molecule has 1 heterocycles. The summed E-state index contributed by atoms with van der Waals surface area (Å²) in [6.07, 6.45) is 1.17. The molecule has 0 aliphatic carbocycles. The SMILES string of the molecule is CC(c1ccc(S(C)(=O)=O)cc1)N(C)C(=O)c1nc(-c2ccccc2)n(-c2ccccc2)n1. The van der Waals surface area contributed by atoms with E-state index in [9.17, 15) is 13.2 Å². The van der Waals surface area contributed by atoms with Gasteiger partial charge in [-0.25, -0.2) is 18.1 Å². The minimum atomic E-state index is -3.28. The van der Waals surface area contributed by atoms with Crippen molar-refractivity contribution in [1.29, 1.82) is 0 Å². The second kappa shape index (κ2) is 8.99. The summed E-state index contributed by atoms with van der Waals surface area (Å²) >= 11 is 0. The van der Waals surface area contributed by atoms with Gasteiger partial charge in [-0.15, -0.1) is 5.10 Å². The maximum absolute atomic E-state index is 13.3. The summed E-state index contributed by atoms with van der Waals surface area (Å²) in [4.78, 5) is 19.7. The monoisotopic (exact) mass is 460 g/mol. The molecule has 0 bridgehead atoms. The number of carbonyl (C=O) groups excluding carboxylic acids is 1. The molecule has 0 saturated carbocycles. The van der Waals surface area contributed by atoms with Crippen molar-refractivity contribution in [3.05, 3.63) is 96.3 Å². The van der Waals surface area contributed by atoms with Gasteiger partial charge >= 0.3 is 0 Å². The Morgan fingerprint density at radius 1 is 0.909 bits per heavy atom. The fraction of sp³-hybridized carbons (Fsp3) is 0.160. The molecule has 3 aromatic carbocycles. The van der Waals surface area contributed by atoms with E-state index >= 15 is 0 Å². The number of hydrogen-bond acceptors (Lipinski definition) is 5. The lowest BCUT2D eigenvalue weighted by Crippen LogP contribution is -2.30. The number of para-hydroxylation sites is 1. The smallest absolute Gasteiger partial charge is 0.293 e. The highest BCUT2D eigenvalue weighted by Gasteiger charge is 2.25. The van der Waals surface area contributed by atoms with Gasteiger partial charge in [0.2, 0.25) is 5.82 Å². The van der Waals surface area contributed by atoms with Gasteiger partial charge < -0.3 is 4.90 Å². The average Bonchev–Trinajstić information content (AvgIpc) is 3.29. The lowest BCUT2D eigenvalue weighted by molar-refractivity contribution is 0.0730. The topological polar surface area (TPSA) is 85.2 Å². The second-order valence-electron chi connectivity index (χ2n) is 7.81. The van der Waals surface area contributed by atoms with Crippen molar-refractivity contribution in [2.45, 2.75) is 17.9 Å². The van der Waals surface area contributed by atoms with Crippen molar-refractivity contribution in [2.24, 2.45) is 0 Å². The van der Waals surface area contributed by atoms with Gasteiger partial charge in [0.05, 0.1) is 16.6 Å². The summed E-state index contributed by atoms with van der Waals surface area (Å²) in [5, 5.41) is 4.54. The highest BCUT2D eigenvalue weighted by molar-refractivity contribution is 7.90. The summed E-state index contributed by atoms with van der Waals surface area (Å²) in [5.41, 5.74) is 2.46. The molecule has 1 aromatic heterocycles. The normalized spacial score (nSPS) is 12.3. The quantitative estimate of drug-likeness (QED) is 0.431. The van der Waals surface area contributed by atoms with Crippen LogP contribution in [0.15, 0.2) is 89.8 Å². The van der Waals surface area contributed by atoms with Crippen molar-refractivity contribution in [1.82, 2.24) is 19.7 Å². The van der Waals surface area contributed by atoms with Crippen LogP contribution >= 0.6 is 0 Å². The van der Waals surface area contributed by atoms with Crippen molar-refractivity contribution in [3.63, 3.8) is 0 Å². The maximum atomic E-state index is 13.3. The molecular formula is C25H24N4O3S. The molecule has 0 aliphatic heterocycles. The lowest BCUT2D eigenvalue weighted by Gasteiger charge is -2.24. The minimum Gasteiger partial charge on any atom is -0.332 e. The Hall–Kier alpha value is -3.78. The zero-order chi connectivity index (χ0) is 23.6. The minimum absolute atomic E-state index is 0.0832. The Balaban J connectivity index is 1.67. The summed E-state index contributed by atoms with van der Waals surface area (Å²) in [7, 11) is -1.60. The zero-order valence-corrected chi connectivity index (χ0v) is 19.4. The highest BCUT2D eigenvalue weighted by atomic mass is 32.2. The van der Waals surface area contributed by atoms with Crippen LogP contribution in [0, 0.1) is 0 Å². The summed E-state index contributed by atoms with van der Waals surface area (Å²) in [6, 6.07) is 25.4. The van der Waals surface area contributed by atoms with Crippen LogP contribution in [-0.4, -0.2) is 47.3 Å². The Labute approximate surface area is 193 Å². The van der Waals surface area contributed by atoms with Gasteiger partial charge in [-0.2, -0.15) is 0 Å². The third-order valence-corrected chi connectivity index (χ3v) is 6.65. The third kappa shape index (κ3) is 4.70. The fourth-order valence-electron chi connectivity index (χ4n) is 3.48. The number of rotatable bonds is 6. The van der Waals surface area contributed by atoms with Gasteiger partial charge in [-0.1, -0.05) is 60.7 Å². The van der Waals surface area contributed by atoms with E-state index in [-0.39, 0.29) is 22.7 Å². The van der Waals surface area contributed by atoms with Crippen LogP contribution in [0.5, 0.6) is 0 Å². The largest absolute Gasteiger partial charge is 0.332 e. The number of sulfone groups is 1. The van der Waals surface area contributed by atoms with Crippen molar-refractivity contribution in [2.75, 3.05) is 13.3 Å². The molecule has 0 saturated heterocycles. The first-order valence-electron chi connectivity index (χ1n) is 10.4. The molecule has 8 heteroatoms. The number of benzene rings is 3. The molecule has 33 heavy (non-hydrogen) atoms. The maximum Gasteiger partial charge on any atom is 0.293 e. The molecule has 0 spiro atoms. The number of aromatic nitrogens is 3. The average molecular weight is 461 g/mol. The summed E-state index contributed by atoms with van der Waals surface area (Å²) in [6.45, 7) is 1.87. The van der Waals surface area contributed by atoms with Gasteiger partial charge in [0.25, 0.3) is 5.91 Å². The second-order valence-corrected chi connectivity index (χ2v) is 9.82. The van der Waals surface area contributed by atoms with E-state index < -0.39 is 9.84 Å². The van der Waals surface area contributed by atoms with Crippen LogP contribution in [-0.2, 0) is 9.84 Å². The Bertz CT molecular complexity index is 1310. The molecule has 0 radical (unpaired) electrons. The van der Waals surface area contributed by atoms with Gasteiger partial charge in [0.1, 0.15) is 0 Å². The fourth-order valence-corrected chi connectivity index (χ4v) is 4.11. The number of amides is 1. The van der Waals surface area contributed by atoms with E-state index in [1.54, 1.807) is 40.9 Å². The van der Waals surface area contributed by atoms with E-state index in [1.165, 1.54) is 6.26 Å². The molecule has 1 amide bonds. The Kier molecular flexibility index (Phi) is 6.11. The third-order valence-electron chi connectivity index (χ3n) is 5.52. The number of nitrogens with zero attached hydrogens (tertiary/aromatic N) is 4. The molecule has 4 aromatic rings. The molecule has 1 unspecified atom stereocenters. The predicted octanol–water partition coefficient (Wildman–Crippen LogP) is 4.17. The van der Waals surface area contributed by atoms with E-state index in [0.29, 0.717) is 5.82 Å². The first kappa shape index (κ1) is 22.4. The van der Waals surface area contributed by atoms with Crippen LogP contribution in [0.1, 0.15) is 29.1 Å². The standard InChI is InChI=1S/C25H24N4O3S/c1-18(19-14-16-22(17-15-19)33(3,31)32)28(2)25(30)23-26-24(20-10-6-4-7-11-20)29(27-23)21-12-8-5-9-13-21/h4-18H,1-3H3. The van der Waals surface area contributed by atoms with Crippen LogP contribution in [0.25, 0.3) is 17.1 Å². The zero-order valence-electron chi connectivity index (χ0n) is 18.6. The van der Waals surface area contributed by atoms with E-state index in [1.807, 2.05) is 67.6 Å². The molecule has 0 fully saturated rings. The van der Waals surface area contributed by atoms with Crippen molar-refractivity contribution in [3.8, 4) is 17.1 Å². The van der Waals surface area contributed by atoms with Crippen LogP contribution in [0.3, 0.4) is 0 Å². The van der Waals surface area contributed by atoms with Crippen LogP contribution < -0.4 is 0 Å².